The summed E-state index contributed by atoms with van der Waals surface area (Å²) in [6.45, 7) is 0.132. The van der Waals surface area contributed by atoms with Gasteiger partial charge in [-0.15, -0.1) is 0 Å². The normalized spacial score (nSPS) is 11.3. The van der Waals surface area contributed by atoms with Crippen LogP contribution in [0, 0.1) is 0 Å². The number of nitrogens with two attached hydrogens (primary N) is 1. The number of nitrogens with one attached hydrogen (secondary N) is 3. The summed E-state index contributed by atoms with van der Waals surface area (Å²) in [5.41, 5.74) is 6.96. The average Bonchev–Trinajstić information content (AvgIpc) is 3.19. The molecule has 7 nitrogen and oxygen atoms in total. The second-order valence-corrected chi connectivity index (χ2v) is 8.09. The molecule has 5 N–H and O–H groups in total. The summed E-state index contributed by atoms with van der Waals surface area (Å²) in [6.07, 6.45) is -4.44. The van der Waals surface area contributed by atoms with Crippen LogP contribution >= 0.6 is 11.5 Å². The molecule has 0 saturated heterocycles. The van der Waals surface area contributed by atoms with Crippen molar-refractivity contribution in [2.75, 3.05) is 16.4 Å². The van der Waals surface area contributed by atoms with Gasteiger partial charge in [-0.2, -0.15) is 17.5 Å². The lowest BCUT2D eigenvalue weighted by molar-refractivity contribution is -0.137. The van der Waals surface area contributed by atoms with Crippen LogP contribution in [-0.2, 0) is 12.7 Å². The molecule has 0 aliphatic heterocycles. The van der Waals surface area contributed by atoms with E-state index in [4.69, 9.17) is 5.73 Å². The Morgan fingerprint density at radius 3 is 2.41 bits per heavy atom. The molecule has 174 valence electrons. The van der Waals surface area contributed by atoms with E-state index in [9.17, 15) is 22.8 Å². The quantitative estimate of drug-likeness (QED) is 0.300. The summed E-state index contributed by atoms with van der Waals surface area (Å²) in [5, 5.41) is 8.51. The fourth-order valence-electron chi connectivity index (χ4n) is 3.26. The van der Waals surface area contributed by atoms with E-state index in [1.165, 1.54) is 23.7 Å². The number of nitrogen functional groups attached to an aromatic ring is 1. The molecule has 0 saturated carbocycles. The van der Waals surface area contributed by atoms with Crippen LogP contribution in [0.1, 0.15) is 21.5 Å². The minimum absolute atomic E-state index is 0.132. The van der Waals surface area contributed by atoms with Gasteiger partial charge in [-0.3, -0.25) is 4.79 Å². The maximum absolute atomic E-state index is 12.8. The largest absolute Gasteiger partial charge is 0.416 e. The fourth-order valence-corrected chi connectivity index (χ4v) is 4.00. The number of hydrogen-bond acceptors (Lipinski definition) is 5. The zero-order valence-corrected chi connectivity index (χ0v) is 18.3. The molecular weight excluding hydrogens is 467 g/mol. The molecule has 34 heavy (non-hydrogen) atoms. The maximum Gasteiger partial charge on any atom is 0.416 e. The Morgan fingerprint density at radius 2 is 1.68 bits per heavy atom. The Balaban J connectivity index is 1.36. The first kappa shape index (κ1) is 23.1. The molecule has 3 aromatic carbocycles. The van der Waals surface area contributed by atoms with E-state index < -0.39 is 17.8 Å². The van der Waals surface area contributed by atoms with Gasteiger partial charge in [-0.25, -0.2) is 4.79 Å². The van der Waals surface area contributed by atoms with Crippen molar-refractivity contribution in [3.63, 3.8) is 0 Å². The van der Waals surface area contributed by atoms with Gasteiger partial charge < -0.3 is 21.7 Å². The van der Waals surface area contributed by atoms with Crippen LogP contribution in [0.4, 0.5) is 35.2 Å². The van der Waals surface area contributed by atoms with Gasteiger partial charge in [-0.05, 0) is 65.6 Å². The van der Waals surface area contributed by atoms with E-state index in [0.29, 0.717) is 28.0 Å². The third-order valence-corrected chi connectivity index (χ3v) is 5.70. The molecule has 4 rings (SSSR count). The number of rotatable bonds is 5. The van der Waals surface area contributed by atoms with E-state index in [0.717, 1.165) is 16.8 Å². The van der Waals surface area contributed by atoms with Crippen LogP contribution < -0.4 is 21.7 Å². The second-order valence-electron chi connectivity index (χ2n) is 7.28. The molecule has 0 radical (unpaired) electrons. The molecule has 1 heterocycles. The molecule has 0 atom stereocenters. The Bertz CT molecular complexity index is 1350. The molecule has 0 unspecified atom stereocenters. The topological polar surface area (TPSA) is 109 Å². The Labute approximate surface area is 195 Å². The SMILES string of the molecule is Nc1nsc2cccc(C(=O)Nc3cccc(CNC(=O)Nc4ccc(C(F)(F)F)cc4)c3)c12. The monoisotopic (exact) mass is 485 g/mol. The smallest absolute Gasteiger partial charge is 0.382 e. The number of hydrogen-bond donors (Lipinski definition) is 4. The summed E-state index contributed by atoms with van der Waals surface area (Å²) < 4.78 is 42.8. The van der Waals surface area contributed by atoms with Crippen LogP contribution in [0.5, 0.6) is 0 Å². The molecule has 11 heteroatoms. The lowest BCUT2D eigenvalue weighted by Gasteiger charge is -2.11. The number of halogens is 3. The van der Waals surface area contributed by atoms with Crippen molar-refractivity contribution in [3.8, 4) is 0 Å². The Kier molecular flexibility index (Phi) is 6.37. The summed E-state index contributed by atoms with van der Waals surface area (Å²) in [5.74, 6) is -0.0505. The number of urea groups is 1. The molecule has 0 bridgehead atoms. The van der Waals surface area contributed by atoms with Crippen molar-refractivity contribution < 1.29 is 22.8 Å². The zero-order chi connectivity index (χ0) is 24.3. The third kappa shape index (κ3) is 5.26. The highest BCUT2D eigenvalue weighted by Crippen LogP contribution is 2.30. The predicted molar refractivity (Wildman–Crippen MR) is 126 cm³/mol. The summed E-state index contributed by atoms with van der Waals surface area (Å²) in [4.78, 5) is 24.9. The first-order chi connectivity index (χ1) is 16.2. The van der Waals surface area contributed by atoms with Gasteiger partial charge in [-0.1, -0.05) is 18.2 Å². The van der Waals surface area contributed by atoms with Gasteiger partial charge in [0.15, 0.2) is 0 Å². The van der Waals surface area contributed by atoms with Crippen LogP contribution in [-0.4, -0.2) is 16.3 Å². The highest BCUT2D eigenvalue weighted by atomic mass is 32.1. The number of fused-ring (bicyclic) bond motifs is 1. The van der Waals surface area contributed by atoms with E-state index in [2.05, 4.69) is 20.3 Å². The number of carbonyl (C=O) groups excluding carboxylic acids is 2. The Morgan fingerprint density at radius 1 is 0.941 bits per heavy atom. The van der Waals surface area contributed by atoms with Crippen LogP contribution in [0.25, 0.3) is 10.1 Å². The molecule has 0 spiro atoms. The zero-order valence-electron chi connectivity index (χ0n) is 17.4. The van der Waals surface area contributed by atoms with Crippen LogP contribution in [0.2, 0.25) is 0 Å². The molecule has 0 aliphatic rings. The van der Waals surface area contributed by atoms with E-state index in [1.54, 1.807) is 36.4 Å². The van der Waals surface area contributed by atoms with E-state index >= 15 is 0 Å². The lowest BCUT2D eigenvalue weighted by atomic mass is 10.1. The standard InChI is InChI=1S/C23H18F3N5O2S/c24-23(25,26)14-7-9-15(10-8-14)30-22(33)28-12-13-3-1-4-16(11-13)29-21(32)17-5-2-6-18-19(17)20(27)31-34-18/h1-11H,12H2,(H2,27,31)(H,29,32)(H2,28,30,33). The van der Waals surface area contributed by atoms with E-state index in [-0.39, 0.29) is 18.1 Å². The van der Waals surface area contributed by atoms with Gasteiger partial charge >= 0.3 is 12.2 Å². The third-order valence-electron chi connectivity index (χ3n) is 4.88. The van der Waals surface area contributed by atoms with Crippen molar-refractivity contribution in [3.05, 3.63) is 83.4 Å². The number of carbonyl (C=O) groups is 2. The fraction of sp³-hybridized carbons (Fsp3) is 0.0870. The van der Waals surface area contributed by atoms with E-state index in [1.807, 2.05) is 6.07 Å². The summed E-state index contributed by atoms with van der Waals surface area (Å²) in [6, 6.07) is 15.7. The van der Waals surface area contributed by atoms with Gasteiger partial charge in [0, 0.05) is 23.3 Å². The van der Waals surface area contributed by atoms with Crippen molar-refractivity contribution >= 4 is 50.7 Å². The van der Waals surface area contributed by atoms with Gasteiger partial charge in [0.1, 0.15) is 5.82 Å². The van der Waals surface area contributed by atoms with Gasteiger partial charge in [0.25, 0.3) is 5.91 Å². The first-order valence-corrected chi connectivity index (χ1v) is 10.7. The van der Waals surface area contributed by atoms with Crippen LogP contribution in [0.15, 0.2) is 66.7 Å². The molecule has 3 amide bonds. The number of amides is 3. The molecule has 0 aliphatic carbocycles. The van der Waals surface area contributed by atoms with Crippen molar-refractivity contribution in [1.29, 1.82) is 0 Å². The van der Waals surface area contributed by atoms with Crippen molar-refractivity contribution in [1.82, 2.24) is 9.69 Å². The van der Waals surface area contributed by atoms with Crippen LogP contribution in [0.3, 0.4) is 0 Å². The number of alkyl halides is 3. The second kappa shape index (κ2) is 9.40. The number of aromatic nitrogens is 1. The minimum Gasteiger partial charge on any atom is -0.382 e. The first-order valence-electron chi connectivity index (χ1n) is 9.97. The van der Waals surface area contributed by atoms with Gasteiger partial charge in [0.2, 0.25) is 0 Å². The van der Waals surface area contributed by atoms with Crippen molar-refractivity contribution in [2.24, 2.45) is 0 Å². The predicted octanol–water partition coefficient (Wildman–Crippen LogP) is 5.47. The molecule has 0 fully saturated rings. The summed E-state index contributed by atoms with van der Waals surface area (Å²) >= 11 is 1.21. The highest BCUT2D eigenvalue weighted by molar-refractivity contribution is 7.13. The molecule has 4 aromatic rings. The maximum atomic E-state index is 12.8. The number of benzene rings is 3. The Hall–Kier alpha value is -4.12. The van der Waals surface area contributed by atoms with Gasteiger partial charge in [0.05, 0.1) is 15.8 Å². The molecule has 1 aromatic heterocycles. The number of anilines is 3. The average molecular weight is 485 g/mol. The minimum atomic E-state index is -4.44. The molecular formula is C23H18F3N5O2S. The number of nitrogens with zero attached hydrogens (tertiary/aromatic N) is 1. The highest BCUT2D eigenvalue weighted by Gasteiger charge is 2.30. The summed E-state index contributed by atoms with van der Waals surface area (Å²) in [7, 11) is 0. The van der Waals surface area contributed by atoms with Crippen molar-refractivity contribution in [2.45, 2.75) is 12.7 Å². The lowest BCUT2D eigenvalue weighted by Crippen LogP contribution is -2.28.